The van der Waals surface area contributed by atoms with Gasteiger partial charge in [0.1, 0.15) is 0 Å². The van der Waals surface area contributed by atoms with Gasteiger partial charge in [-0.1, -0.05) is 39.8 Å². The second kappa shape index (κ2) is 4.36. The van der Waals surface area contributed by atoms with Crippen molar-refractivity contribution in [2.45, 2.75) is 6.04 Å². The van der Waals surface area contributed by atoms with Gasteiger partial charge in [0.15, 0.2) is 5.17 Å². The molecule has 0 saturated heterocycles. The normalized spacial score (nSPS) is 20.4. The molecule has 2 nitrogen and oxygen atoms in total. The first-order chi connectivity index (χ1) is 6.79. The number of benzene rings is 1. The third-order valence-corrected chi connectivity index (χ3v) is 3.34. The lowest BCUT2D eigenvalue weighted by Crippen LogP contribution is -2.20. The molecule has 0 aromatic heterocycles. The van der Waals surface area contributed by atoms with Gasteiger partial charge in [-0.2, -0.15) is 0 Å². The first-order valence-corrected chi connectivity index (χ1v) is 6.42. The Morgan fingerprint density at radius 2 is 2.14 bits per heavy atom. The molecular weight excluding hydrogens is 260 g/mol. The Hall–Kier alpha value is -0.480. The Morgan fingerprint density at radius 1 is 1.43 bits per heavy atom. The topological polar surface area (TPSA) is 24.4 Å². The minimum absolute atomic E-state index is 0.352. The molecule has 74 valence electrons. The van der Waals surface area contributed by atoms with Crippen molar-refractivity contribution in [2.75, 3.05) is 12.8 Å². The van der Waals surface area contributed by atoms with Crippen molar-refractivity contribution in [3.05, 3.63) is 34.3 Å². The molecule has 1 heterocycles. The van der Waals surface area contributed by atoms with Crippen LogP contribution in [0.3, 0.4) is 0 Å². The van der Waals surface area contributed by atoms with Crippen molar-refractivity contribution in [1.82, 2.24) is 5.32 Å². The zero-order chi connectivity index (χ0) is 9.97. The van der Waals surface area contributed by atoms with Gasteiger partial charge in [-0.3, -0.25) is 4.99 Å². The summed E-state index contributed by atoms with van der Waals surface area (Å²) in [5, 5.41) is 4.41. The van der Waals surface area contributed by atoms with Gasteiger partial charge in [0, 0.05) is 4.47 Å². The van der Waals surface area contributed by atoms with Crippen LogP contribution in [0.1, 0.15) is 11.6 Å². The number of aliphatic imine (C=N–C) groups is 1. The summed E-state index contributed by atoms with van der Waals surface area (Å²) in [5.41, 5.74) is 1.29. The molecule has 1 unspecified atom stereocenters. The third-order valence-electron chi connectivity index (χ3n) is 2.18. The molecule has 0 fully saturated rings. The highest BCUT2D eigenvalue weighted by Crippen LogP contribution is 2.21. The molecular formula is C10H11BrN2S. The number of rotatable bonds is 1. The predicted molar refractivity (Wildman–Crippen MR) is 65.8 cm³/mol. The molecule has 0 spiro atoms. The zero-order valence-corrected chi connectivity index (χ0v) is 10.2. The van der Waals surface area contributed by atoms with Crippen molar-refractivity contribution < 1.29 is 0 Å². The van der Waals surface area contributed by atoms with Crippen LogP contribution in [0, 0.1) is 0 Å². The Morgan fingerprint density at radius 3 is 2.71 bits per heavy atom. The molecule has 1 N–H and O–H groups in total. The van der Waals surface area contributed by atoms with E-state index in [1.165, 1.54) is 5.56 Å². The lowest BCUT2D eigenvalue weighted by Gasteiger charge is -2.11. The number of hydrogen-bond donors (Lipinski definition) is 1. The molecule has 1 aromatic rings. The number of amidine groups is 1. The van der Waals surface area contributed by atoms with Crippen LogP contribution in [0.5, 0.6) is 0 Å². The number of nitrogens with zero attached hydrogens (tertiary/aromatic N) is 1. The Balaban J connectivity index is 2.08. The van der Waals surface area contributed by atoms with Gasteiger partial charge >= 0.3 is 0 Å². The zero-order valence-electron chi connectivity index (χ0n) is 7.83. The first kappa shape index (κ1) is 10.1. The molecule has 0 radical (unpaired) electrons. The van der Waals surface area contributed by atoms with Crippen LogP contribution in [0.4, 0.5) is 0 Å². The summed E-state index contributed by atoms with van der Waals surface area (Å²) < 4.78 is 1.12. The fourth-order valence-corrected chi connectivity index (χ4v) is 2.15. The highest BCUT2D eigenvalue weighted by molar-refractivity contribution is 9.10. The van der Waals surface area contributed by atoms with Gasteiger partial charge in [0.05, 0.1) is 12.6 Å². The van der Waals surface area contributed by atoms with Crippen molar-refractivity contribution in [1.29, 1.82) is 0 Å². The van der Waals surface area contributed by atoms with E-state index in [1.54, 1.807) is 11.8 Å². The van der Waals surface area contributed by atoms with E-state index >= 15 is 0 Å². The van der Waals surface area contributed by atoms with Crippen molar-refractivity contribution in [2.24, 2.45) is 4.99 Å². The van der Waals surface area contributed by atoms with E-state index in [1.807, 2.05) is 6.26 Å². The van der Waals surface area contributed by atoms with Crippen LogP contribution in [0.25, 0.3) is 0 Å². The maximum atomic E-state index is 4.39. The molecule has 1 aromatic carbocycles. The molecule has 2 rings (SSSR count). The van der Waals surface area contributed by atoms with Crippen LogP contribution >= 0.6 is 27.7 Å². The molecule has 0 aliphatic carbocycles. The number of nitrogens with one attached hydrogen (secondary N) is 1. The molecule has 14 heavy (non-hydrogen) atoms. The van der Waals surface area contributed by atoms with Crippen molar-refractivity contribution >= 4 is 32.9 Å². The minimum Gasteiger partial charge on any atom is -0.356 e. The quantitative estimate of drug-likeness (QED) is 0.849. The molecule has 0 bridgehead atoms. The molecule has 4 heteroatoms. The Bertz CT molecular complexity index is 348. The third kappa shape index (κ3) is 2.12. The molecule has 0 saturated carbocycles. The summed E-state index contributed by atoms with van der Waals surface area (Å²) >= 11 is 5.09. The van der Waals surface area contributed by atoms with E-state index < -0.39 is 0 Å². The van der Waals surface area contributed by atoms with E-state index in [2.05, 4.69) is 50.5 Å². The van der Waals surface area contributed by atoms with Crippen molar-refractivity contribution in [3.8, 4) is 0 Å². The minimum atomic E-state index is 0.352. The second-order valence-electron chi connectivity index (χ2n) is 3.10. The Labute approximate surface area is 96.3 Å². The number of hydrogen-bond acceptors (Lipinski definition) is 3. The van der Waals surface area contributed by atoms with Crippen LogP contribution < -0.4 is 5.32 Å². The molecule has 1 atom stereocenters. The first-order valence-electron chi connectivity index (χ1n) is 4.40. The largest absolute Gasteiger partial charge is 0.356 e. The summed E-state index contributed by atoms with van der Waals surface area (Å²) in [6, 6.07) is 8.73. The fourth-order valence-electron chi connectivity index (χ4n) is 1.42. The van der Waals surface area contributed by atoms with E-state index in [9.17, 15) is 0 Å². The summed E-state index contributed by atoms with van der Waals surface area (Å²) in [6.07, 6.45) is 2.04. The average Bonchev–Trinajstić information content (AvgIpc) is 2.67. The highest BCUT2D eigenvalue weighted by Gasteiger charge is 2.17. The van der Waals surface area contributed by atoms with Gasteiger partial charge in [0.25, 0.3) is 0 Å². The standard InChI is InChI=1S/C10H11BrN2S/c1-14-10-12-6-9(13-10)7-2-4-8(11)5-3-7/h2-5,9H,6H2,1H3,(H,12,13). The summed E-state index contributed by atoms with van der Waals surface area (Å²) in [6.45, 7) is 0.845. The highest BCUT2D eigenvalue weighted by atomic mass is 79.9. The van der Waals surface area contributed by atoms with Gasteiger partial charge in [-0.15, -0.1) is 0 Å². The van der Waals surface area contributed by atoms with Gasteiger partial charge in [-0.25, -0.2) is 0 Å². The van der Waals surface area contributed by atoms with Crippen molar-refractivity contribution in [3.63, 3.8) is 0 Å². The van der Waals surface area contributed by atoms with Gasteiger partial charge in [0.2, 0.25) is 0 Å². The predicted octanol–water partition coefficient (Wildman–Crippen LogP) is 2.81. The SMILES string of the molecule is CSC1=NCC(c2ccc(Br)cc2)N1. The molecule has 1 aliphatic rings. The van der Waals surface area contributed by atoms with E-state index in [0.29, 0.717) is 6.04 Å². The summed E-state index contributed by atoms with van der Waals surface area (Å²) in [5.74, 6) is 0. The molecule has 1 aliphatic heterocycles. The monoisotopic (exact) mass is 270 g/mol. The number of thioether (sulfide) groups is 1. The van der Waals surface area contributed by atoms with Gasteiger partial charge in [-0.05, 0) is 24.0 Å². The Kier molecular flexibility index (Phi) is 3.13. The lowest BCUT2D eigenvalue weighted by atomic mass is 10.1. The summed E-state index contributed by atoms with van der Waals surface area (Å²) in [7, 11) is 0. The summed E-state index contributed by atoms with van der Waals surface area (Å²) in [4.78, 5) is 4.39. The van der Waals surface area contributed by atoms with Crippen LogP contribution in [0.2, 0.25) is 0 Å². The van der Waals surface area contributed by atoms with Crippen LogP contribution in [0.15, 0.2) is 33.7 Å². The molecule has 0 amide bonds. The van der Waals surface area contributed by atoms with E-state index in [4.69, 9.17) is 0 Å². The van der Waals surface area contributed by atoms with Crippen LogP contribution in [-0.2, 0) is 0 Å². The smallest absolute Gasteiger partial charge is 0.156 e. The van der Waals surface area contributed by atoms with Gasteiger partial charge < -0.3 is 5.32 Å². The fraction of sp³-hybridized carbons (Fsp3) is 0.300. The van der Waals surface area contributed by atoms with E-state index in [-0.39, 0.29) is 0 Å². The maximum Gasteiger partial charge on any atom is 0.156 e. The van der Waals surface area contributed by atoms with Crippen LogP contribution in [-0.4, -0.2) is 18.0 Å². The maximum absolute atomic E-state index is 4.39. The van der Waals surface area contributed by atoms with E-state index in [0.717, 1.165) is 16.2 Å². The second-order valence-corrected chi connectivity index (χ2v) is 4.81. The number of halogens is 1. The average molecular weight is 271 g/mol. The lowest BCUT2D eigenvalue weighted by molar-refractivity contribution is 0.712.